The predicted molar refractivity (Wildman–Crippen MR) is 103 cm³/mol. The van der Waals surface area contributed by atoms with E-state index in [-0.39, 0.29) is 12.1 Å². The van der Waals surface area contributed by atoms with E-state index in [1.807, 2.05) is 37.3 Å². The van der Waals surface area contributed by atoms with E-state index in [4.69, 9.17) is 25.8 Å². The molecule has 138 valence electrons. The van der Waals surface area contributed by atoms with Crippen LogP contribution in [0, 0.1) is 5.92 Å². The number of hydrogen-bond acceptors (Lipinski definition) is 4. The molecular weight excluding hydrogens is 350 g/mol. The number of fused-ring (bicyclic) bond motifs is 3. The van der Waals surface area contributed by atoms with Gasteiger partial charge < -0.3 is 19.5 Å². The molecule has 2 heterocycles. The number of nitrogens with one attached hydrogen (secondary N) is 1. The summed E-state index contributed by atoms with van der Waals surface area (Å²) in [5.41, 5.74) is 3.34. The summed E-state index contributed by atoms with van der Waals surface area (Å²) in [6.45, 7) is 3.38. The molecule has 5 heteroatoms. The average Bonchev–Trinajstić information content (AvgIpc) is 2.67. The SMILES string of the molecule is CCOc1cccc([C@@H]2Nc3ccc(Cl)cc3[C@H]3OCCC[C@H]32)c1OC. The number of para-hydroxylation sites is 1. The summed E-state index contributed by atoms with van der Waals surface area (Å²) in [4.78, 5) is 0. The smallest absolute Gasteiger partial charge is 0.165 e. The maximum Gasteiger partial charge on any atom is 0.165 e. The minimum atomic E-state index is 0.0455. The molecule has 4 nitrogen and oxygen atoms in total. The summed E-state index contributed by atoms with van der Waals surface area (Å²) < 4.78 is 17.7. The zero-order valence-electron chi connectivity index (χ0n) is 15.1. The quantitative estimate of drug-likeness (QED) is 0.780. The third-order valence-corrected chi connectivity index (χ3v) is 5.51. The topological polar surface area (TPSA) is 39.7 Å². The Morgan fingerprint density at radius 3 is 2.92 bits per heavy atom. The predicted octanol–water partition coefficient (Wildman–Crippen LogP) is 5.38. The Morgan fingerprint density at radius 1 is 1.23 bits per heavy atom. The second-order valence-electron chi connectivity index (χ2n) is 6.76. The number of ether oxygens (including phenoxy) is 3. The van der Waals surface area contributed by atoms with Crippen molar-refractivity contribution in [3.8, 4) is 11.5 Å². The van der Waals surface area contributed by atoms with Gasteiger partial charge in [0.25, 0.3) is 0 Å². The van der Waals surface area contributed by atoms with Gasteiger partial charge in [-0.2, -0.15) is 0 Å². The second-order valence-corrected chi connectivity index (χ2v) is 7.20. The van der Waals surface area contributed by atoms with Crippen LogP contribution in [0.1, 0.15) is 43.0 Å². The van der Waals surface area contributed by atoms with Crippen LogP contribution < -0.4 is 14.8 Å². The van der Waals surface area contributed by atoms with Crippen molar-refractivity contribution in [3.05, 3.63) is 52.5 Å². The Hall–Kier alpha value is -1.91. The van der Waals surface area contributed by atoms with E-state index in [0.717, 1.165) is 52.8 Å². The lowest BCUT2D eigenvalue weighted by Gasteiger charge is -2.43. The van der Waals surface area contributed by atoms with E-state index in [0.29, 0.717) is 12.5 Å². The third kappa shape index (κ3) is 3.01. The lowest BCUT2D eigenvalue weighted by Crippen LogP contribution is -2.36. The minimum absolute atomic E-state index is 0.0455. The van der Waals surface area contributed by atoms with Gasteiger partial charge in [0.05, 0.1) is 25.9 Å². The number of hydrogen-bond donors (Lipinski definition) is 1. The van der Waals surface area contributed by atoms with Gasteiger partial charge in [-0.3, -0.25) is 0 Å². The molecule has 0 spiro atoms. The normalized spacial score (nSPS) is 24.2. The number of halogens is 1. The van der Waals surface area contributed by atoms with E-state index < -0.39 is 0 Å². The first kappa shape index (κ1) is 17.5. The van der Waals surface area contributed by atoms with Crippen molar-refractivity contribution in [2.75, 3.05) is 25.6 Å². The van der Waals surface area contributed by atoms with Gasteiger partial charge in [0.1, 0.15) is 0 Å². The van der Waals surface area contributed by atoms with E-state index in [2.05, 4.69) is 11.4 Å². The van der Waals surface area contributed by atoms with Crippen LogP contribution in [0.15, 0.2) is 36.4 Å². The summed E-state index contributed by atoms with van der Waals surface area (Å²) >= 11 is 6.24. The molecule has 0 aliphatic carbocycles. The Labute approximate surface area is 159 Å². The molecule has 1 N–H and O–H groups in total. The van der Waals surface area contributed by atoms with Gasteiger partial charge in [0, 0.05) is 34.4 Å². The van der Waals surface area contributed by atoms with Crippen molar-refractivity contribution in [1.29, 1.82) is 0 Å². The highest BCUT2D eigenvalue weighted by atomic mass is 35.5. The molecule has 0 unspecified atom stereocenters. The Balaban J connectivity index is 1.79. The first-order valence-corrected chi connectivity index (χ1v) is 9.58. The van der Waals surface area contributed by atoms with E-state index in [1.54, 1.807) is 7.11 Å². The van der Waals surface area contributed by atoms with Crippen LogP contribution in [0.2, 0.25) is 5.02 Å². The highest BCUT2D eigenvalue weighted by molar-refractivity contribution is 6.30. The van der Waals surface area contributed by atoms with Gasteiger partial charge in [-0.1, -0.05) is 23.7 Å². The zero-order valence-corrected chi connectivity index (χ0v) is 15.9. The molecule has 2 aromatic carbocycles. The number of methoxy groups -OCH3 is 1. The van der Waals surface area contributed by atoms with Crippen molar-refractivity contribution in [3.63, 3.8) is 0 Å². The fraction of sp³-hybridized carbons (Fsp3) is 0.429. The van der Waals surface area contributed by atoms with Gasteiger partial charge in [-0.15, -0.1) is 0 Å². The van der Waals surface area contributed by atoms with Crippen LogP contribution in [-0.4, -0.2) is 20.3 Å². The molecule has 1 fully saturated rings. The highest BCUT2D eigenvalue weighted by Gasteiger charge is 2.41. The maximum atomic E-state index is 6.24. The fourth-order valence-corrected chi connectivity index (χ4v) is 4.40. The molecule has 26 heavy (non-hydrogen) atoms. The van der Waals surface area contributed by atoms with Gasteiger partial charge in [0.2, 0.25) is 0 Å². The molecule has 1 saturated heterocycles. The third-order valence-electron chi connectivity index (χ3n) is 5.28. The molecule has 0 radical (unpaired) electrons. The molecule has 2 aliphatic rings. The van der Waals surface area contributed by atoms with Gasteiger partial charge in [0.15, 0.2) is 11.5 Å². The molecule has 0 bridgehead atoms. The number of rotatable bonds is 4. The van der Waals surface area contributed by atoms with Crippen LogP contribution >= 0.6 is 11.6 Å². The number of anilines is 1. The maximum absolute atomic E-state index is 6.24. The Kier molecular flexibility index (Phi) is 4.96. The van der Waals surface area contributed by atoms with Crippen LogP contribution in [0.4, 0.5) is 5.69 Å². The van der Waals surface area contributed by atoms with Crippen LogP contribution in [0.25, 0.3) is 0 Å². The summed E-state index contributed by atoms with van der Waals surface area (Å²) in [5.74, 6) is 1.90. The lowest BCUT2D eigenvalue weighted by molar-refractivity contribution is -0.0383. The van der Waals surface area contributed by atoms with Crippen molar-refractivity contribution in [2.45, 2.75) is 31.9 Å². The average molecular weight is 374 g/mol. The fourth-order valence-electron chi connectivity index (χ4n) is 4.21. The standard InChI is InChI=1S/C21H24ClNO3/c1-3-25-18-8-4-6-15(21(18)24-2)19-14-7-5-11-26-20(14)16-12-13(22)9-10-17(16)23-19/h4,6,8-10,12,14,19-20,23H,3,5,7,11H2,1-2H3/t14-,19+,20-/m0/s1. The molecule has 4 rings (SSSR count). The molecule has 0 saturated carbocycles. The zero-order chi connectivity index (χ0) is 18.1. The molecule has 2 aromatic rings. The van der Waals surface area contributed by atoms with Crippen molar-refractivity contribution in [1.82, 2.24) is 0 Å². The van der Waals surface area contributed by atoms with E-state index in [9.17, 15) is 0 Å². The largest absolute Gasteiger partial charge is 0.492 e. The minimum Gasteiger partial charge on any atom is -0.492 e. The van der Waals surface area contributed by atoms with Gasteiger partial charge >= 0.3 is 0 Å². The molecular formula is C21H24ClNO3. The van der Waals surface area contributed by atoms with E-state index >= 15 is 0 Å². The second kappa shape index (κ2) is 7.37. The summed E-state index contributed by atoms with van der Waals surface area (Å²) in [6, 6.07) is 12.2. The van der Waals surface area contributed by atoms with Crippen molar-refractivity contribution < 1.29 is 14.2 Å². The van der Waals surface area contributed by atoms with Crippen molar-refractivity contribution in [2.24, 2.45) is 5.92 Å². The lowest BCUT2D eigenvalue weighted by atomic mass is 9.77. The molecule has 2 aliphatic heterocycles. The van der Waals surface area contributed by atoms with Crippen LogP contribution in [-0.2, 0) is 4.74 Å². The monoisotopic (exact) mass is 373 g/mol. The summed E-state index contributed by atoms with van der Waals surface area (Å²) in [7, 11) is 1.70. The first-order chi connectivity index (χ1) is 12.7. The van der Waals surface area contributed by atoms with Gasteiger partial charge in [-0.25, -0.2) is 0 Å². The van der Waals surface area contributed by atoms with Gasteiger partial charge in [-0.05, 0) is 44.0 Å². The first-order valence-electron chi connectivity index (χ1n) is 9.20. The van der Waals surface area contributed by atoms with E-state index in [1.165, 1.54) is 0 Å². The van der Waals surface area contributed by atoms with Crippen LogP contribution in [0.3, 0.4) is 0 Å². The highest BCUT2D eigenvalue weighted by Crippen LogP contribution is 2.51. The molecule has 0 aromatic heterocycles. The van der Waals surface area contributed by atoms with Crippen LogP contribution in [0.5, 0.6) is 11.5 Å². The number of benzene rings is 2. The summed E-state index contributed by atoms with van der Waals surface area (Å²) in [6.07, 6.45) is 2.20. The summed E-state index contributed by atoms with van der Waals surface area (Å²) in [5, 5.41) is 4.45. The Morgan fingerprint density at radius 2 is 2.12 bits per heavy atom. The van der Waals surface area contributed by atoms with Crippen molar-refractivity contribution >= 4 is 17.3 Å². The molecule has 3 atom stereocenters. The molecule has 0 amide bonds. The Bertz CT molecular complexity index is 795.